The van der Waals surface area contributed by atoms with Crippen LogP contribution in [0.4, 0.5) is 0 Å². The predicted octanol–water partition coefficient (Wildman–Crippen LogP) is 8.31. The molecule has 0 spiro atoms. The third-order valence-electron chi connectivity index (χ3n) is 9.95. The van der Waals surface area contributed by atoms with E-state index in [2.05, 4.69) is 44.7 Å². The lowest BCUT2D eigenvalue weighted by Gasteiger charge is -2.30. The fraction of sp³-hybridized carbons (Fsp3) is 0.703. The molecule has 1 aromatic rings. The third kappa shape index (κ3) is 8.19. The van der Waals surface area contributed by atoms with E-state index in [-0.39, 0.29) is 48.7 Å². The van der Waals surface area contributed by atoms with Gasteiger partial charge in [-0.3, -0.25) is 0 Å². The van der Waals surface area contributed by atoms with E-state index in [9.17, 15) is 4.79 Å². The maximum absolute atomic E-state index is 13.5. The van der Waals surface area contributed by atoms with E-state index in [1.165, 1.54) is 12.8 Å². The Kier molecular flexibility index (Phi) is 11.6. The van der Waals surface area contributed by atoms with Crippen LogP contribution in [0.5, 0.6) is 0 Å². The lowest BCUT2D eigenvalue weighted by atomic mass is 9.90. The second kappa shape index (κ2) is 15.3. The van der Waals surface area contributed by atoms with Crippen LogP contribution in [0.25, 0.3) is 0 Å². The van der Waals surface area contributed by atoms with Gasteiger partial charge in [-0.2, -0.15) is 0 Å². The lowest BCUT2D eigenvalue weighted by molar-refractivity contribution is -0.193. The molecule has 1 aromatic carbocycles. The van der Waals surface area contributed by atoms with Crippen LogP contribution in [0, 0.1) is 38.5 Å². The summed E-state index contributed by atoms with van der Waals surface area (Å²) in [5.74, 6) is 0.415. The highest BCUT2D eigenvalue weighted by Gasteiger charge is 2.53. The Hall–Kier alpha value is -1.99. The van der Waals surface area contributed by atoms with E-state index >= 15 is 0 Å². The minimum Gasteiger partial charge on any atom is -0.454 e. The number of carbonyl (C=O) groups excluding carboxylic acids is 1. The Bertz CT molecular complexity index is 1090. The highest BCUT2D eigenvalue weighted by Crippen LogP contribution is 2.53. The summed E-state index contributed by atoms with van der Waals surface area (Å²) in [5, 5.41) is 0. The quantitative estimate of drug-likeness (QED) is 0.138. The lowest BCUT2D eigenvalue weighted by Crippen LogP contribution is -2.31. The average molecular weight is 595 g/mol. The number of ether oxygens (including phenoxy) is 5. The van der Waals surface area contributed by atoms with Gasteiger partial charge in [-0.25, -0.2) is 4.79 Å². The van der Waals surface area contributed by atoms with Gasteiger partial charge in [0.25, 0.3) is 0 Å². The zero-order valence-electron chi connectivity index (χ0n) is 27.0. The fourth-order valence-corrected chi connectivity index (χ4v) is 7.86. The summed E-state index contributed by atoms with van der Waals surface area (Å²) in [7, 11) is 0. The predicted molar refractivity (Wildman–Crippen MR) is 169 cm³/mol. The first-order valence-electron chi connectivity index (χ1n) is 17.0. The molecule has 6 heteroatoms. The van der Waals surface area contributed by atoms with Gasteiger partial charge in [-0.1, -0.05) is 62.6 Å². The molecular weight excluding hydrogens is 540 g/mol. The molecule has 4 aliphatic rings. The highest BCUT2D eigenvalue weighted by atomic mass is 16.7. The van der Waals surface area contributed by atoms with Crippen molar-refractivity contribution >= 4 is 5.97 Å². The van der Waals surface area contributed by atoms with Crippen molar-refractivity contribution in [1.29, 1.82) is 0 Å². The second-order valence-electron chi connectivity index (χ2n) is 13.4. The molecule has 238 valence electrons. The monoisotopic (exact) mass is 594 g/mol. The number of aryl methyl sites for hydroxylation is 3. The second-order valence-corrected chi connectivity index (χ2v) is 13.4. The van der Waals surface area contributed by atoms with Crippen LogP contribution >= 0.6 is 0 Å². The van der Waals surface area contributed by atoms with Gasteiger partial charge in [-0.15, -0.1) is 0 Å². The number of unbranched alkanes of at least 4 members (excludes halogenated alkanes) is 2. The Labute approximate surface area is 259 Å². The van der Waals surface area contributed by atoms with Crippen LogP contribution in [0.15, 0.2) is 36.4 Å². The van der Waals surface area contributed by atoms with Crippen molar-refractivity contribution in [2.75, 3.05) is 13.2 Å². The van der Waals surface area contributed by atoms with Crippen molar-refractivity contribution in [2.24, 2.45) is 17.8 Å². The summed E-state index contributed by atoms with van der Waals surface area (Å²) in [6, 6.07) is 4.11. The summed E-state index contributed by atoms with van der Waals surface area (Å²) >= 11 is 0. The van der Waals surface area contributed by atoms with Gasteiger partial charge < -0.3 is 23.7 Å². The van der Waals surface area contributed by atoms with Crippen molar-refractivity contribution in [3.05, 3.63) is 58.7 Å². The largest absolute Gasteiger partial charge is 0.454 e. The van der Waals surface area contributed by atoms with Crippen molar-refractivity contribution in [2.45, 2.75) is 136 Å². The van der Waals surface area contributed by atoms with Crippen LogP contribution in [-0.2, 0) is 23.7 Å². The molecule has 2 saturated carbocycles. The van der Waals surface area contributed by atoms with Gasteiger partial charge in [0, 0.05) is 25.0 Å². The van der Waals surface area contributed by atoms with Gasteiger partial charge in [0.15, 0.2) is 12.6 Å². The molecule has 2 aliphatic carbocycles. The smallest absolute Gasteiger partial charge is 0.339 e. The van der Waals surface area contributed by atoms with Crippen LogP contribution in [0.2, 0.25) is 0 Å². The first kappa shape index (κ1) is 32.4. The van der Waals surface area contributed by atoms with E-state index in [1.54, 1.807) is 0 Å². The molecular formula is C37H54O6. The minimum absolute atomic E-state index is 0.00808. The van der Waals surface area contributed by atoms with Gasteiger partial charge in [0.2, 0.25) is 0 Å². The van der Waals surface area contributed by atoms with Crippen molar-refractivity contribution < 1.29 is 28.5 Å². The maximum Gasteiger partial charge on any atom is 0.339 e. The first-order chi connectivity index (χ1) is 20.8. The van der Waals surface area contributed by atoms with Crippen LogP contribution in [0.1, 0.15) is 111 Å². The van der Waals surface area contributed by atoms with Crippen LogP contribution in [-0.4, -0.2) is 50.1 Å². The fourth-order valence-electron chi connectivity index (χ4n) is 7.86. The third-order valence-corrected chi connectivity index (χ3v) is 9.95. The number of benzene rings is 1. The number of hydrogen-bond acceptors (Lipinski definition) is 6. The topological polar surface area (TPSA) is 63.2 Å². The van der Waals surface area contributed by atoms with Crippen molar-refractivity contribution in [3.63, 3.8) is 0 Å². The molecule has 0 amide bonds. The van der Waals surface area contributed by atoms with Gasteiger partial charge in [0.1, 0.15) is 6.10 Å². The number of carbonyl (C=O) groups is 1. The molecule has 5 rings (SSSR count). The summed E-state index contributed by atoms with van der Waals surface area (Å²) in [5.41, 5.74) is 4.77. The SMILES string of the molecule is C=C1C[C@@H]2[C@H](C=C[C@H](CCCCC)OC3CCCCO3)[C@H](OC3CCCCO3)C[C@@H]2C1OC(=O)c1c(C)cc(C)cc1C. The molecule has 0 bridgehead atoms. The normalized spacial score (nSPS) is 31.8. The molecule has 2 heterocycles. The summed E-state index contributed by atoms with van der Waals surface area (Å²) < 4.78 is 31.5. The van der Waals surface area contributed by atoms with E-state index in [0.29, 0.717) is 11.5 Å². The van der Waals surface area contributed by atoms with Crippen LogP contribution < -0.4 is 0 Å². The van der Waals surface area contributed by atoms with E-state index < -0.39 is 0 Å². The Morgan fingerprint density at radius 2 is 1.70 bits per heavy atom. The van der Waals surface area contributed by atoms with E-state index in [1.807, 2.05) is 13.8 Å². The molecule has 43 heavy (non-hydrogen) atoms. The zero-order valence-corrected chi connectivity index (χ0v) is 27.0. The molecule has 0 N–H and O–H groups in total. The van der Waals surface area contributed by atoms with Gasteiger partial charge in [-0.05, 0) is 101 Å². The van der Waals surface area contributed by atoms with Crippen molar-refractivity contribution in [1.82, 2.24) is 0 Å². The summed E-state index contributed by atoms with van der Waals surface area (Å²) in [6.45, 7) is 14.2. The van der Waals surface area contributed by atoms with Gasteiger partial charge in [0.05, 0.1) is 17.8 Å². The highest BCUT2D eigenvalue weighted by molar-refractivity contribution is 5.93. The van der Waals surface area contributed by atoms with Crippen LogP contribution in [0.3, 0.4) is 0 Å². The minimum atomic E-state index is -0.304. The molecule has 2 saturated heterocycles. The molecule has 4 fully saturated rings. The molecule has 0 radical (unpaired) electrons. The number of fused-ring (bicyclic) bond motifs is 1. The molecule has 2 aliphatic heterocycles. The molecule has 0 aromatic heterocycles. The summed E-state index contributed by atoms with van der Waals surface area (Å²) in [6.07, 6.45) is 16.6. The Morgan fingerprint density at radius 1 is 1.00 bits per heavy atom. The average Bonchev–Trinajstić information content (AvgIpc) is 3.46. The zero-order chi connectivity index (χ0) is 30.3. The Balaban J connectivity index is 1.34. The standard InChI is InChI=1S/C37H54O6/c1-6-7-8-13-28(41-33-14-9-11-18-39-33)16-17-29-30-22-27(5)36(31(30)23-32(29)42-34-15-10-12-19-40-34)43-37(38)35-25(3)20-24(2)21-26(35)4/h16-17,20-21,28-34,36H,5-15,18-19,22-23H2,1-4H3/t28-,29-,30+,31-,32+,33?,34?,36?/m0/s1. The van der Waals surface area contributed by atoms with E-state index in [4.69, 9.17) is 23.7 Å². The molecule has 6 nitrogen and oxygen atoms in total. The van der Waals surface area contributed by atoms with E-state index in [0.717, 1.165) is 99.7 Å². The number of rotatable bonds is 12. The first-order valence-corrected chi connectivity index (χ1v) is 17.0. The van der Waals surface area contributed by atoms with Gasteiger partial charge >= 0.3 is 5.97 Å². The van der Waals surface area contributed by atoms with Crippen molar-refractivity contribution in [3.8, 4) is 0 Å². The maximum atomic E-state index is 13.5. The molecule has 8 atom stereocenters. The molecule has 3 unspecified atom stereocenters. The number of esters is 1. The summed E-state index contributed by atoms with van der Waals surface area (Å²) in [4.78, 5) is 13.5. The number of hydrogen-bond donors (Lipinski definition) is 0. The Morgan fingerprint density at radius 3 is 2.35 bits per heavy atom.